The molecule has 2 aliphatic heterocycles. The molecular weight excluding hydrogens is 408 g/mol. The van der Waals surface area contributed by atoms with Crippen molar-refractivity contribution in [2.75, 3.05) is 23.5 Å². The molecule has 7 heteroatoms. The molecule has 6 rings (SSSR count). The Morgan fingerprint density at radius 3 is 2.66 bits per heavy atom. The minimum atomic E-state index is -0.339. The van der Waals surface area contributed by atoms with Crippen molar-refractivity contribution in [3.63, 3.8) is 0 Å². The smallest absolute Gasteiger partial charge is 0.250 e. The summed E-state index contributed by atoms with van der Waals surface area (Å²) in [6.07, 6.45) is 4.11. The third kappa shape index (κ3) is 3.40. The van der Waals surface area contributed by atoms with E-state index in [0.717, 1.165) is 31.4 Å². The molecule has 5 nitrogen and oxygen atoms in total. The van der Waals surface area contributed by atoms with Gasteiger partial charge in [-0.05, 0) is 69.0 Å². The first-order valence-electron chi connectivity index (χ1n) is 11.0. The van der Waals surface area contributed by atoms with Crippen molar-refractivity contribution in [2.45, 2.75) is 38.6 Å². The van der Waals surface area contributed by atoms with Gasteiger partial charge in [0.2, 0.25) is 0 Å². The van der Waals surface area contributed by atoms with Crippen molar-refractivity contribution in [3.05, 3.63) is 59.2 Å². The lowest BCUT2D eigenvalue weighted by Gasteiger charge is -2.33. The fraction of sp³-hybridized carbons (Fsp3) is 0.360. The van der Waals surface area contributed by atoms with Crippen molar-refractivity contribution in [1.29, 1.82) is 0 Å². The highest BCUT2D eigenvalue weighted by Crippen LogP contribution is 2.44. The summed E-state index contributed by atoms with van der Waals surface area (Å²) in [6.45, 7) is 2.68. The van der Waals surface area contributed by atoms with Gasteiger partial charge in [-0.25, -0.2) is 8.78 Å². The van der Waals surface area contributed by atoms with Crippen LogP contribution in [0.3, 0.4) is 0 Å². The number of hydrazone groups is 1. The maximum Gasteiger partial charge on any atom is 0.250 e. The lowest BCUT2D eigenvalue weighted by molar-refractivity contribution is 0.393. The summed E-state index contributed by atoms with van der Waals surface area (Å²) in [6, 6.07) is 9.80. The number of anilines is 2. The highest BCUT2D eigenvalue weighted by Gasteiger charge is 2.39. The number of amidine groups is 1. The van der Waals surface area contributed by atoms with Crippen molar-refractivity contribution in [2.24, 2.45) is 15.5 Å². The lowest BCUT2D eigenvalue weighted by atomic mass is 10.1. The number of aliphatic imine (C=N–C) groups is 1. The van der Waals surface area contributed by atoms with E-state index in [1.165, 1.54) is 24.3 Å². The highest BCUT2D eigenvalue weighted by molar-refractivity contribution is 6.23. The normalized spacial score (nSPS) is 20.0. The number of fused-ring (bicyclic) bond motifs is 3. The van der Waals surface area contributed by atoms with Crippen LogP contribution in [0.15, 0.2) is 46.5 Å². The number of guanidine groups is 1. The Balaban J connectivity index is 1.48. The second-order valence-corrected chi connectivity index (χ2v) is 9.33. The number of nitrogens with zero attached hydrogens (tertiary/aromatic N) is 5. The first kappa shape index (κ1) is 19.3. The van der Waals surface area contributed by atoms with E-state index in [1.54, 1.807) is 11.1 Å². The summed E-state index contributed by atoms with van der Waals surface area (Å²) in [7, 11) is 1.88. The van der Waals surface area contributed by atoms with E-state index in [-0.39, 0.29) is 23.1 Å². The molecule has 2 heterocycles. The Hall–Kier alpha value is -3.40. The van der Waals surface area contributed by atoms with E-state index in [9.17, 15) is 8.78 Å². The van der Waals surface area contributed by atoms with Crippen molar-refractivity contribution in [3.8, 4) is 11.8 Å². The molecule has 0 unspecified atom stereocenters. The molecule has 2 fully saturated rings. The standard InChI is InChI=1S/C25H23F2N5/c1-25(9-10-25)8-7-16-11-18(27)13-20(12-16)32(19-4-5-19)23-21-14-17(26)3-6-22(21)31-15-30(2)29-24(31)28-23/h3,6,11-14,19H,4-5,9-10,15H2,1-2H3. The van der Waals surface area contributed by atoms with E-state index >= 15 is 0 Å². The molecule has 0 atom stereocenters. The summed E-state index contributed by atoms with van der Waals surface area (Å²) in [5, 5.41) is 6.30. The number of benzene rings is 2. The molecule has 0 aromatic heterocycles. The van der Waals surface area contributed by atoms with Crippen LogP contribution in [0.2, 0.25) is 0 Å². The molecule has 2 aliphatic carbocycles. The largest absolute Gasteiger partial charge is 0.322 e. The Bertz CT molecular complexity index is 1250. The summed E-state index contributed by atoms with van der Waals surface area (Å²) in [5.74, 6) is 6.93. The van der Waals surface area contributed by atoms with Gasteiger partial charge >= 0.3 is 0 Å². The van der Waals surface area contributed by atoms with Gasteiger partial charge in [0.15, 0.2) is 0 Å². The van der Waals surface area contributed by atoms with Crippen LogP contribution >= 0.6 is 0 Å². The van der Waals surface area contributed by atoms with Gasteiger partial charge in [0.1, 0.15) is 24.1 Å². The van der Waals surface area contributed by atoms with Crippen molar-refractivity contribution in [1.82, 2.24) is 5.01 Å². The average Bonchev–Trinajstić information content (AvgIpc) is 3.67. The van der Waals surface area contributed by atoms with E-state index in [1.807, 2.05) is 22.9 Å². The minimum absolute atomic E-state index is 0.0582. The molecule has 0 N–H and O–H groups in total. The zero-order chi connectivity index (χ0) is 22.0. The maximum atomic E-state index is 14.7. The third-order valence-corrected chi connectivity index (χ3v) is 6.35. The van der Waals surface area contributed by atoms with Crippen molar-refractivity contribution >= 4 is 23.2 Å². The molecule has 0 amide bonds. The fourth-order valence-electron chi connectivity index (χ4n) is 4.19. The van der Waals surface area contributed by atoms with E-state index in [0.29, 0.717) is 35.3 Å². The zero-order valence-electron chi connectivity index (χ0n) is 18.1. The van der Waals surface area contributed by atoms with E-state index < -0.39 is 0 Å². The van der Waals surface area contributed by atoms with Gasteiger partial charge in [0.05, 0.1) is 5.69 Å². The maximum absolute atomic E-state index is 14.7. The van der Waals surface area contributed by atoms with Gasteiger partial charge in [-0.15, -0.1) is 5.10 Å². The van der Waals surface area contributed by atoms with Crippen LogP contribution in [0.1, 0.15) is 43.7 Å². The minimum Gasteiger partial charge on any atom is -0.322 e. The van der Waals surface area contributed by atoms with E-state index in [2.05, 4.69) is 23.9 Å². The SMILES string of the molecule is CN1CN2C(=N1)N=C(N(c1cc(F)cc(C#CC3(C)CC3)c1)C1CC1)c1cc(F)ccc12. The predicted octanol–water partition coefficient (Wildman–Crippen LogP) is 4.53. The van der Waals surface area contributed by atoms with Crippen LogP contribution < -0.4 is 9.80 Å². The van der Waals surface area contributed by atoms with Gasteiger partial charge in [-0.2, -0.15) is 4.99 Å². The molecule has 0 radical (unpaired) electrons. The summed E-state index contributed by atoms with van der Waals surface area (Å²) < 4.78 is 29.0. The second kappa shape index (κ2) is 6.80. The Kier molecular flexibility index (Phi) is 4.10. The lowest BCUT2D eigenvalue weighted by Crippen LogP contribution is -2.41. The van der Waals surface area contributed by atoms with Crippen LogP contribution in [0.25, 0.3) is 0 Å². The van der Waals surface area contributed by atoms with E-state index in [4.69, 9.17) is 4.99 Å². The Labute approximate surface area is 186 Å². The number of halogens is 2. The molecule has 4 aliphatic rings. The third-order valence-electron chi connectivity index (χ3n) is 6.35. The van der Waals surface area contributed by atoms with Gasteiger partial charge in [0, 0.05) is 35.3 Å². The van der Waals surface area contributed by atoms with Crippen LogP contribution in [0.4, 0.5) is 20.2 Å². The first-order valence-corrected chi connectivity index (χ1v) is 11.0. The molecule has 2 aromatic carbocycles. The number of hydrogen-bond acceptors (Lipinski definition) is 5. The second-order valence-electron chi connectivity index (χ2n) is 9.33. The van der Waals surface area contributed by atoms with Gasteiger partial charge < -0.3 is 4.90 Å². The molecule has 32 heavy (non-hydrogen) atoms. The van der Waals surface area contributed by atoms with Crippen LogP contribution in [-0.2, 0) is 0 Å². The molecule has 162 valence electrons. The summed E-state index contributed by atoms with van der Waals surface area (Å²) in [5.41, 5.74) is 2.93. The number of rotatable bonds is 2. The summed E-state index contributed by atoms with van der Waals surface area (Å²) >= 11 is 0. The molecule has 0 saturated heterocycles. The fourth-order valence-corrected chi connectivity index (χ4v) is 4.19. The Morgan fingerprint density at radius 2 is 1.91 bits per heavy atom. The summed E-state index contributed by atoms with van der Waals surface area (Å²) in [4.78, 5) is 8.81. The average molecular weight is 431 g/mol. The molecule has 2 aromatic rings. The Morgan fingerprint density at radius 1 is 1.09 bits per heavy atom. The quantitative estimate of drug-likeness (QED) is 0.656. The topological polar surface area (TPSA) is 34.4 Å². The first-order chi connectivity index (χ1) is 15.4. The van der Waals surface area contributed by atoms with Gasteiger partial charge in [-0.3, -0.25) is 9.91 Å². The van der Waals surface area contributed by atoms with Gasteiger partial charge in [-0.1, -0.05) is 11.8 Å². The zero-order valence-corrected chi connectivity index (χ0v) is 18.1. The molecule has 0 spiro atoms. The highest BCUT2D eigenvalue weighted by atomic mass is 19.1. The van der Waals surface area contributed by atoms with Crippen molar-refractivity contribution < 1.29 is 8.78 Å². The molecular formula is C25H23F2N5. The molecule has 0 bridgehead atoms. The molecule has 2 saturated carbocycles. The van der Waals surface area contributed by atoms with Crippen LogP contribution in [0.5, 0.6) is 0 Å². The number of hydrogen-bond donors (Lipinski definition) is 0. The monoisotopic (exact) mass is 431 g/mol. The van der Waals surface area contributed by atoms with Crippen LogP contribution in [-0.4, -0.2) is 36.6 Å². The predicted molar refractivity (Wildman–Crippen MR) is 122 cm³/mol. The van der Waals surface area contributed by atoms with Gasteiger partial charge in [0.25, 0.3) is 5.96 Å². The van der Waals surface area contributed by atoms with Crippen LogP contribution in [0, 0.1) is 28.9 Å².